The van der Waals surface area contributed by atoms with Gasteiger partial charge in [-0.15, -0.1) is 0 Å². The van der Waals surface area contributed by atoms with Crippen molar-refractivity contribution in [3.05, 3.63) is 0 Å². The van der Waals surface area contributed by atoms with E-state index in [1.165, 1.54) is 0 Å². The molecular formula is C12H22N2O3S. The summed E-state index contributed by atoms with van der Waals surface area (Å²) >= 11 is 0. The SMILES string of the molecule is CCN(C(=O)CC1CCS(=O)(=O)C1)C1CCNC1. The van der Waals surface area contributed by atoms with Crippen molar-refractivity contribution in [1.82, 2.24) is 10.2 Å². The summed E-state index contributed by atoms with van der Waals surface area (Å²) in [5.41, 5.74) is 0. The molecule has 2 fully saturated rings. The van der Waals surface area contributed by atoms with Crippen LogP contribution in [-0.2, 0) is 14.6 Å². The molecule has 0 spiro atoms. The summed E-state index contributed by atoms with van der Waals surface area (Å²) in [6.45, 7) is 4.53. The van der Waals surface area contributed by atoms with Crippen molar-refractivity contribution in [2.45, 2.75) is 32.2 Å². The van der Waals surface area contributed by atoms with Crippen molar-refractivity contribution in [1.29, 1.82) is 0 Å². The quantitative estimate of drug-likeness (QED) is 0.785. The number of carbonyl (C=O) groups excluding carboxylic acids is 1. The zero-order valence-electron chi connectivity index (χ0n) is 10.9. The van der Waals surface area contributed by atoms with Crippen LogP contribution < -0.4 is 5.32 Å². The third-order valence-electron chi connectivity index (χ3n) is 3.93. The maximum atomic E-state index is 12.2. The van der Waals surface area contributed by atoms with Crippen LogP contribution in [0.15, 0.2) is 0 Å². The molecule has 104 valence electrons. The van der Waals surface area contributed by atoms with Crippen LogP contribution in [0.4, 0.5) is 0 Å². The van der Waals surface area contributed by atoms with E-state index in [2.05, 4.69) is 5.32 Å². The van der Waals surface area contributed by atoms with Gasteiger partial charge in [0.25, 0.3) is 0 Å². The third kappa shape index (κ3) is 3.23. The molecular weight excluding hydrogens is 252 g/mol. The lowest BCUT2D eigenvalue weighted by Crippen LogP contribution is -2.42. The molecule has 0 saturated carbocycles. The predicted octanol–water partition coefficient (Wildman–Crippen LogP) is 0.0216. The fourth-order valence-corrected chi connectivity index (χ4v) is 4.80. The molecule has 2 saturated heterocycles. The highest BCUT2D eigenvalue weighted by Gasteiger charge is 2.32. The molecule has 2 unspecified atom stereocenters. The summed E-state index contributed by atoms with van der Waals surface area (Å²) in [7, 11) is -2.88. The number of amides is 1. The Balaban J connectivity index is 1.90. The maximum absolute atomic E-state index is 12.2. The van der Waals surface area contributed by atoms with E-state index in [9.17, 15) is 13.2 Å². The van der Waals surface area contributed by atoms with Gasteiger partial charge in [-0.05, 0) is 32.2 Å². The highest BCUT2D eigenvalue weighted by molar-refractivity contribution is 7.91. The Hall–Kier alpha value is -0.620. The van der Waals surface area contributed by atoms with Crippen LogP contribution in [0.3, 0.4) is 0 Å². The van der Waals surface area contributed by atoms with Crippen molar-refractivity contribution >= 4 is 15.7 Å². The number of likely N-dealkylation sites (N-methyl/N-ethyl adjacent to an activating group) is 1. The van der Waals surface area contributed by atoms with E-state index < -0.39 is 9.84 Å². The number of hydrogen-bond donors (Lipinski definition) is 1. The van der Waals surface area contributed by atoms with Crippen molar-refractivity contribution in [2.24, 2.45) is 5.92 Å². The van der Waals surface area contributed by atoms with Crippen LogP contribution in [0.5, 0.6) is 0 Å². The number of rotatable bonds is 4. The van der Waals surface area contributed by atoms with Crippen LogP contribution in [-0.4, -0.2) is 56.4 Å². The Labute approximate surface area is 109 Å². The molecule has 0 aromatic carbocycles. The first-order valence-electron chi connectivity index (χ1n) is 6.72. The highest BCUT2D eigenvalue weighted by atomic mass is 32.2. The Morgan fingerprint density at radius 2 is 2.17 bits per heavy atom. The molecule has 1 N–H and O–H groups in total. The van der Waals surface area contributed by atoms with Gasteiger partial charge in [0.2, 0.25) is 5.91 Å². The minimum absolute atomic E-state index is 0.0333. The molecule has 2 rings (SSSR count). The molecule has 0 bridgehead atoms. The molecule has 6 heteroatoms. The van der Waals surface area contributed by atoms with E-state index in [4.69, 9.17) is 0 Å². The van der Waals surface area contributed by atoms with Gasteiger partial charge in [-0.25, -0.2) is 8.42 Å². The first-order valence-corrected chi connectivity index (χ1v) is 8.54. The highest BCUT2D eigenvalue weighted by Crippen LogP contribution is 2.23. The van der Waals surface area contributed by atoms with Crippen molar-refractivity contribution < 1.29 is 13.2 Å². The molecule has 0 aliphatic carbocycles. The first-order chi connectivity index (χ1) is 8.52. The van der Waals surface area contributed by atoms with Crippen molar-refractivity contribution in [2.75, 3.05) is 31.1 Å². The van der Waals surface area contributed by atoms with Crippen LogP contribution in [0, 0.1) is 5.92 Å². The third-order valence-corrected chi connectivity index (χ3v) is 5.76. The molecule has 2 aliphatic rings. The topological polar surface area (TPSA) is 66.5 Å². The standard InChI is InChI=1S/C12H22N2O3S/c1-2-14(11-3-5-13-8-11)12(15)7-10-4-6-18(16,17)9-10/h10-11,13H,2-9H2,1H3. The first kappa shape index (κ1) is 13.8. The largest absolute Gasteiger partial charge is 0.339 e. The van der Waals surface area contributed by atoms with Crippen LogP contribution in [0.2, 0.25) is 0 Å². The summed E-state index contributed by atoms with van der Waals surface area (Å²) in [5.74, 6) is 0.598. The summed E-state index contributed by atoms with van der Waals surface area (Å²) in [5, 5.41) is 3.26. The van der Waals surface area contributed by atoms with Crippen LogP contribution >= 0.6 is 0 Å². The van der Waals surface area contributed by atoms with Crippen LogP contribution in [0.1, 0.15) is 26.2 Å². The average Bonchev–Trinajstić information content (AvgIpc) is 2.90. The van der Waals surface area contributed by atoms with Crippen molar-refractivity contribution in [3.8, 4) is 0 Å². The smallest absolute Gasteiger partial charge is 0.223 e. The van der Waals surface area contributed by atoms with Gasteiger partial charge in [-0.3, -0.25) is 4.79 Å². The van der Waals surface area contributed by atoms with E-state index in [0.29, 0.717) is 25.4 Å². The molecule has 0 radical (unpaired) electrons. The number of sulfone groups is 1. The zero-order valence-corrected chi connectivity index (χ0v) is 11.7. The maximum Gasteiger partial charge on any atom is 0.223 e. The number of carbonyl (C=O) groups is 1. The number of nitrogens with one attached hydrogen (secondary N) is 1. The minimum Gasteiger partial charge on any atom is -0.339 e. The van der Waals surface area contributed by atoms with Gasteiger partial charge in [-0.1, -0.05) is 0 Å². The monoisotopic (exact) mass is 274 g/mol. The number of hydrogen-bond acceptors (Lipinski definition) is 4. The zero-order chi connectivity index (χ0) is 13.2. The molecule has 18 heavy (non-hydrogen) atoms. The van der Waals surface area contributed by atoms with Crippen molar-refractivity contribution in [3.63, 3.8) is 0 Å². The lowest BCUT2D eigenvalue weighted by molar-refractivity contribution is -0.133. The number of nitrogens with zero attached hydrogens (tertiary/aromatic N) is 1. The molecule has 2 aliphatic heterocycles. The second-order valence-electron chi connectivity index (χ2n) is 5.30. The second-order valence-corrected chi connectivity index (χ2v) is 7.53. The summed E-state index contributed by atoms with van der Waals surface area (Å²) in [6.07, 6.45) is 2.04. The average molecular weight is 274 g/mol. The molecule has 2 atom stereocenters. The fourth-order valence-electron chi connectivity index (χ4n) is 2.94. The predicted molar refractivity (Wildman–Crippen MR) is 70.0 cm³/mol. The normalized spacial score (nSPS) is 30.5. The van der Waals surface area contributed by atoms with Crippen LogP contribution in [0.25, 0.3) is 0 Å². The lowest BCUT2D eigenvalue weighted by atomic mass is 10.0. The molecule has 0 aromatic heterocycles. The van der Waals surface area contributed by atoms with Gasteiger partial charge in [0, 0.05) is 25.6 Å². The van der Waals surface area contributed by atoms with E-state index in [0.717, 1.165) is 19.5 Å². The summed E-state index contributed by atoms with van der Waals surface area (Å²) < 4.78 is 22.8. The Morgan fingerprint density at radius 1 is 1.39 bits per heavy atom. The van der Waals surface area contributed by atoms with Gasteiger partial charge in [0.1, 0.15) is 0 Å². The second kappa shape index (κ2) is 5.57. The molecule has 1 amide bonds. The Bertz CT molecular complexity index is 402. The molecule has 2 heterocycles. The summed E-state index contributed by atoms with van der Waals surface area (Å²) in [4.78, 5) is 14.1. The lowest BCUT2D eigenvalue weighted by Gasteiger charge is -2.28. The van der Waals surface area contributed by atoms with Gasteiger partial charge < -0.3 is 10.2 Å². The molecule has 0 aromatic rings. The van der Waals surface area contributed by atoms with Gasteiger partial charge in [0.15, 0.2) is 9.84 Å². The minimum atomic E-state index is -2.88. The molecule has 5 nitrogen and oxygen atoms in total. The van der Waals surface area contributed by atoms with E-state index in [1.54, 1.807) is 0 Å². The van der Waals surface area contributed by atoms with E-state index >= 15 is 0 Å². The summed E-state index contributed by atoms with van der Waals surface area (Å²) in [6, 6.07) is 0.292. The van der Waals surface area contributed by atoms with Gasteiger partial charge in [0.05, 0.1) is 11.5 Å². The Kier molecular flexibility index (Phi) is 4.27. The van der Waals surface area contributed by atoms with E-state index in [1.807, 2.05) is 11.8 Å². The van der Waals surface area contributed by atoms with E-state index in [-0.39, 0.29) is 23.3 Å². The Morgan fingerprint density at radius 3 is 2.67 bits per heavy atom. The van der Waals surface area contributed by atoms with Gasteiger partial charge >= 0.3 is 0 Å². The van der Waals surface area contributed by atoms with Gasteiger partial charge in [-0.2, -0.15) is 0 Å². The fraction of sp³-hybridized carbons (Fsp3) is 0.917.